The predicted molar refractivity (Wildman–Crippen MR) is 176 cm³/mol. The molecule has 1 saturated carbocycles. The Labute approximate surface area is 258 Å². The van der Waals surface area contributed by atoms with Crippen LogP contribution in [0.1, 0.15) is 103 Å². The lowest BCUT2D eigenvalue weighted by atomic mass is 9.75. The first-order valence-corrected chi connectivity index (χ1v) is 16.9. The second-order valence-corrected chi connectivity index (χ2v) is 13.0. The quantitative estimate of drug-likeness (QED) is 0.156. The van der Waals surface area contributed by atoms with E-state index in [1.54, 1.807) is 6.33 Å². The zero-order valence-corrected chi connectivity index (χ0v) is 27.4. The zero-order chi connectivity index (χ0) is 27.3. The summed E-state index contributed by atoms with van der Waals surface area (Å²) < 4.78 is 4.10. The highest BCUT2D eigenvalue weighted by Crippen LogP contribution is 2.37. The van der Waals surface area contributed by atoms with E-state index in [0.717, 1.165) is 54.0 Å². The van der Waals surface area contributed by atoms with Gasteiger partial charge in [0.05, 0.1) is 31.8 Å². The van der Waals surface area contributed by atoms with Gasteiger partial charge in [-0.3, -0.25) is 4.79 Å². The number of carbonyl (C=O) groups excluding carboxylic acids is 1. The summed E-state index contributed by atoms with van der Waals surface area (Å²) in [6.45, 7) is 6.82. The van der Waals surface area contributed by atoms with Crippen LogP contribution >= 0.6 is 45.5 Å². The van der Waals surface area contributed by atoms with Crippen LogP contribution in [0.25, 0.3) is 0 Å². The van der Waals surface area contributed by atoms with Crippen molar-refractivity contribution in [3.8, 4) is 0 Å². The van der Waals surface area contributed by atoms with Gasteiger partial charge in [-0.15, -0.1) is 6.58 Å². The number of hydrogen-bond acceptors (Lipinski definition) is 6. The Morgan fingerprint density at radius 3 is 1.95 bits per heavy atom. The van der Waals surface area contributed by atoms with Crippen LogP contribution in [-0.2, 0) is 4.79 Å². The van der Waals surface area contributed by atoms with Gasteiger partial charge in [0.2, 0.25) is 5.91 Å². The third kappa shape index (κ3) is 8.91. The largest absolute Gasteiger partial charge is 0.356 e. The first-order valence-electron chi connectivity index (χ1n) is 14.7. The summed E-state index contributed by atoms with van der Waals surface area (Å²) in [5.74, 6) is 1.86. The van der Waals surface area contributed by atoms with Gasteiger partial charge in [0, 0.05) is 31.6 Å². The van der Waals surface area contributed by atoms with Crippen LogP contribution in [0.2, 0.25) is 0 Å². The van der Waals surface area contributed by atoms with Gasteiger partial charge < -0.3 is 19.5 Å². The Morgan fingerprint density at radius 1 is 0.947 bits per heavy atom. The van der Waals surface area contributed by atoms with Gasteiger partial charge in [0.25, 0.3) is 0 Å². The lowest BCUT2D eigenvalue weighted by molar-refractivity contribution is -0.132. The number of carbonyl (C=O) groups is 1. The van der Waals surface area contributed by atoms with Crippen molar-refractivity contribution in [3.63, 3.8) is 0 Å². The Hall–Kier alpha value is -0.690. The molecule has 0 radical (unpaired) electrons. The molecule has 0 unspecified atom stereocenters. The number of halogens is 2. The number of piperidine rings is 1. The molecular weight excluding hydrogens is 702 g/mol. The van der Waals surface area contributed by atoms with Crippen LogP contribution in [0.5, 0.6) is 0 Å². The number of rotatable bonds is 7. The van der Waals surface area contributed by atoms with Gasteiger partial charge in [-0.25, -0.2) is 9.97 Å². The molecule has 1 aliphatic heterocycles. The molecule has 1 saturated heterocycles. The van der Waals surface area contributed by atoms with Crippen LogP contribution in [0.4, 0.5) is 11.6 Å². The number of amides is 1. The normalized spacial score (nSPS) is 21.5. The maximum atomic E-state index is 13.7. The van der Waals surface area contributed by atoms with E-state index in [2.05, 4.69) is 81.8 Å². The fourth-order valence-corrected chi connectivity index (χ4v) is 7.74. The maximum Gasteiger partial charge on any atom is 0.227 e. The van der Waals surface area contributed by atoms with Crippen molar-refractivity contribution in [1.29, 1.82) is 0 Å². The molecule has 3 rings (SSSR count). The summed E-state index contributed by atoms with van der Waals surface area (Å²) in [6, 6.07) is 0. The number of hydrogen-bond donors (Lipinski definition) is 3. The Bertz CT molecular complexity index is 859. The average Bonchev–Trinajstić information content (AvgIpc) is 2.96. The Kier molecular flexibility index (Phi) is 13.9. The number of anilines is 2. The standard InChI is InChI=1S/C29H48I2N6O/c1-2-28(15-13-11-9-7-5-3-4-6-8-10-12-14-16-28)22-33-27(38)29(21-32)17-19-37(20-18-29)26-24(30)25(36-31)34-23-35-26/h2,23H,1,3-22,32H2,(H,33,38)(H,34,35,36). The lowest BCUT2D eigenvalue weighted by Crippen LogP contribution is -2.54. The van der Waals surface area contributed by atoms with E-state index in [1.807, 2.05) is 0 Å². The molecule has 2 aliphatic rings. The molecule has 1 aromatic rings. The van der Waals surface area contributed by atoms with Crippen molar-refractivity contribution >= 4 is 63.0 Å². The first-order chi connectivity index (χ1) is 18.5. The molecule has 2 heterocycles. The first kappa shape index (κ1) is 31.8. The number of nitrogens with two attached hydrogens (primary N) is 1. The monoisotopic (exact) mass is 750 g/mol. The van der Waals surface area contributed by atoms with Crippen molar-refractivity contribution in [2.24, 2.45) is 16.6 Å². The summed E-state index contributed by atoms with van der Waals surface area (Å²) in [7, 11) is 0. The maximum absolute atomic E-state index is 13.7. The molecule has 0 aromatic carbocycles. The second kappa shape index (κ2) is 16.5. The molecule has 7 nitrogen and oxygen atoms in total. The minimum Gasteiger partial charge on any atom is -0.356 e. The van der Waals surface area contributed by atoms with Crippen LogP contribution in [0.3, 0.4) is 0 Å². The van der Waals surface area contributed by atoms with Gasteiger partial charge in [-0.1, -0.05) is 83.1 Å². The van der Waals surface area contributed by atoms with Crippen LogP contribution < -0.4 is 19.5 Å². The van der Waals surface area contributed by atoms with Gasteiger partial charge in [-0.05, 0) is 48.3 Å². The highest BCUT2D eigenvalue weighted by Gasteiger charge is 2.41. The molecule has 1 aromatic heterocycles. The highest BCUT2D eigenvalue weighted by atomic mass is 127. The van der Waals surface area contributed by atoms with Crippen molar-refractivity contribution in [3.05, 3.63) is 22.6 Å². The molecule has 38 heavy (non-hydrogen) atoms. The molecular formula is C29H48I2N6O. The van der Waals surface area contributed by atoms with E-state index in [0.29, 0.717) is 13.1 Å². The van der Waals surface area contributed by atoms with Crippen LogP contribution in [0.15, 0.2) is 19.0 Å². The molecule has 1 amide bonds. The van der Waals surface area contributed by atoms with E-state index >= 15 is 0 Å². The number of aromatic nitrogens is 2. The third-order valence-corrected chi connectivity index (χ3v) is 10.4. The summed E-state index contributed by atoms with van der Waals surface area (Å²) in [6.07, 6.45) is 23.3. The minimum atomic E-state index is -0.526. The van der Waals surface area contributed by atoms with Crippen molar-refractivity contribution in [2.45, 2.75) is 103 Å². The van der Waals surface area contributed by atoms with Gasteiger partial charge in [0.1, 0.15) is 12.1 Å². The third-order valence-electron chi connectivity index (χ3n) is 8.89. The number of nitrogens with one attached hydrogen (secondary N) is 2. The number of nitrogens with zero attached hydrogens (tertiary/aromatic N) is 3. The summed E-state index contributed by atoms with van der Waals surface area (Å²) >= 11 is 4.39. The van der Waals surface area contributed by atoms with Crippen LogP contribution in [0, 0.1) is 14.4 Å². The lowest BCUT2D eigenvalue weighted by Gasteiger charge is -2.41. The van der Waals surface area contributed by atoms with Crippen molar-refractivity contribution < 1.29 is 4.79 Å². The average molecular weight is 751 g/mol. The van der Waals surface area contributed by atoms with Crippen LogP contribution in [-0.4, -0.2) is 42.1 Å². The second-order valence-electron chi connectivity index (χ2n) is 11.4. The molecule has 214 valence electrons. The zero-order valence-electron chi connectivity index (χ0n) is 23.1. The highest BCUT2D eigenvalue weighted by molar-refractivity contribution is 14.1. The van der Waals surface area contributed by atoms with E-state index in [1.165, 1.54) is 77.0 Å². The fourth-order valence-electron chi connectivity index (χ4n) is 6.06. The summed E-state index contributed by atoms with van der Waals surface area (Å²) in [5, 5.41) is 3.39. The summed E-state index contributed by atoms with van der Waals surface area (Å²) in [5.41, 5.74) is 5.74. The summed E-state index contributed by atoms with van der Waals surface area (Å²) in [4.78, 5) is 24.8. The fraction of sp³-hybridized carbons (Fsp3) is 0.759. The van der Waals surface area contributed by atoms with E-state index in [9.17, 15) is 4.79 Å². The molecule has 2 fully saturated rings. The Balaban J connectivity index is 1.60. The molecule has 0 bridgehead atoms. The molecule has 4 N–H and O–H groups in total. The molecule has 0 spiro atoms. The SMILES string of the molecule is C=CC1(CNC(=O)C2(CN)CCN(c3ncnc(NI)c3I)CC2)CCCCCCCCCCCCCC1. The molecule has 9 heteroatoms. The molecule has 0 atom stereocenters. The van der Waals surface area contributed by atoms with E-state index < -0.39 is 5.41 Å². The predicted octanol–water partition coefficient (Wildman–Crippen LogP) is 7.15. The smallest absolute Gasteiger partial charge is 0.227 e. The van der Waals surface area contributed by atoms with E-state index in [4.69, 9.17) is 5.73 Å². The van der Waals surface area contributed by atoms with Crippen molar-refractivity contribution in [1.82, 2.24) is 15.3 Å². The molecule has 1 aliphatic carbocycles. The Morgan fingerprint density at radius 2 is 1.47 bits per heavy atom. The van der Waals surface area contributed by atoms with Gasteiger partial charge in [-0.2, -0.15) is 0 Å². The topological polar surface area (TPSA) is 96.2 Å². The minimum absolute atomic E-state index is 0.0216. The van der Waals surface area contributed by atoms with Crippen molar-refractivity contribution in [2.75, 3.05) is 34.6 Å². The van der Waals surface area contributed by atoms with Gasteiger partial charge in [0.15, 0.2) is 5.82 Å². The van der Waals surface area contributed by atoms with Gasteiger partial charge >= 0.3 is 0 Å². The van der Waals surface area contributed by atoms with E-state index in [-0.39, 0.29) is 11.3 Å².